The maximum Gasteiger partial charge on any atom is 0.416 e. The number of nitrogens with one attached hydrogen (secondary N) is 1. The van der Waals surface area contributed by atoms with E-state index in [9.17, 15) is 22.4 Å². The number of anilines is 2. The fraction of sp³-hybridized carbons (Fsp3) is 0.423. The topological polar surface area (TPSA) is 63.1 Å². The van der Waals surface area contributed by atoms with E-state index in [2.05, 4.69) is 20.3 Å². The molecule has 36 heavy (non-hydrogen) atoms. The van der Waals surface area contributed by atoms with Gasteiger partial charge in [0.25, 0.3) is 5.91 Å². The molecule has 1 N–H and O–H groups in total. The van der Waals surface area contributed by atoms with Gasteiger partial charge in [-0.25, -0.2) is 14.1 Å². The van der Waals surface area contributed by atoms with Crippen LogP contribution >= 0.6 is 0 Å². The smallest absolute Gasteiger partial charge is 0.356 e. The summed E-state index contributed by atoms with van der Waals surface area (Å²) in [7, 11) is 0. The lowest BCUT2D eigenvalue weighted by Crippen LogP contribution is -2.40. The highest BCUT2D eigenvalue weighted by atomic mass is 19.4. The number of benzene rings is 1. The molecule has 1 saturated heterocycles. The second kappa shape index (κ2) is 9.55. The van der Waals surface area contributed by atoms with Crippen LogP contribution in [0.5, 0.6) is 0 Å². The molecule has 3 aromatic rings. The quantitative estimate of drug-likeness (QED) is 0.426. The molecular formula is C26H29F4N5O. The molecule has 6 nitrogen and oxygen atoms in total. The van der Waals surface area contributed by atoms with Gasteiger partial charge in [-0.1, -0.05) is 0 Å². The molecule has 10 heteroatoms. The second-order valence-corrected chi connectivity index (χ2v) is 9.74. The Kier molecular flexibility index (Phi) is 6.81. The van der Waals surface area contributed by atoms with Gasteiger partial charge in [-0.15, -0.1) is 0 Å². The number of alkyl halides is 4. The lowest BCUT2D eigenvalue weighted by atomic mass is 9.84. The van der Waals surface area contributed by atoms with Crippen molar-refractivity contribution in [2.45, 2.75) is 52.4 Å². The molecule has 3 heterocycles. The molecule has 0 saturated carbocycles. The van der Waals surface area contributed by atoms with E-state index in [0.29, 0.717) is 22.6 Å². The van der Waals surface area contributed by atoms with Crippen molar-refractivity contribution in [3.05, 3.63) is 65.1 Å². The van der Waals surface area contributed by atoms with E-state index in [4.69, 9.17) is 0 Å². The van der Waals surface area contributed by atoms with E-state index in [1.807, 2.05) is 13.0 Å². The van der Waals surface area contributed by atoms with Gasteiger partial charge in [0.1, 0.15) is 11.5 Å². The zero-order chi connectivity index (χ0) is 26.3. The van der Waals surface area contributed by atoms with Gasteiger partial charge < -0.3 is 10.2 Å². The summed E-state index contributed by atoms with van der Waals surface area (Å²) < 4.78 is 54.2. The predicted octanol–water partition coefficient (Wildman–Crippen LogP) is 6.12. The lowest BCUT2D eigenvalue weighted by molar-refractivity contribution is -0.137. The zero-order valence-electron chi connectivity index (χ0n) is 20.7. The molecular weight excluding hydrogens is 474 g/mol. The van der Waals surface area contributed by atoms with Crippen molar-refractivity contribution < 1.29 is 22.4 Å². The van der Waals surface area contributed by atoms with Gasteiger partial charge in [-0.2, -0.15) is 18.3 Å². The summed E-state index contributed by atoms with van der Waals surface area (Å²) in [4.78, 5) is 19.6. The van der Waals surface area contributed by atoms with Crippen molar-refractivity contribution in [1.82, 2.24) is 14.8 Å². The fourth-order valence-electron chi connectivity index (χ4n) is 4.63. The number of rotatable bonds is 5. The molecule has 1 aliphatic heterocycles. The van der Waals surface area contributed by atoms with Crippen LogP contribution in [0.4, 0.5) is 29.1 Å². The number of halogens is 4. The molecule has 1 fully saturated rings. The number of carbonyl (C=O) groups is 1. The van der Waals surface area contributed by atoms with E-state index < -0.39 is 23.3 Å². The zero-order valence-corrected chi connectivity index (χ0v) is 20.7. The molecule has 1 aliphatic rings. The van der Waals surface area contributed by atoms with Gasteiger partial charge in [0.2, 0.25) is 0 Å². The first-order valence-corrected chi connectivity index (χ1v) is 11.8. The Bertz CT molecular complexity index is 1240. The Morgan fingerprint density at radius 1 is 1.03 bits per heavy atom. The molecule has 192 valence electrons. The molecule has 0 unspecified atom stereocenters. The summed E-state index contributed by atoms with van der Waals surface area (Å²) in [6.45, 7) is 8.29. The number of pyridine rings is 1. The number of carbonyl (C=O) groups excluding carboxylic acids is 1. The van der Waals surface area contributed by atoms with Crippen molar-refractivity contribution in [1.29, 1.82) is 0 Å². The van der Waals surface area contributed by atoms with Crippen LogP contribution in [0.1, 0.15) is 53.9 Å². The molecule has 0 atom stereocenters. The summed E-state index contributed by atoms with van der Waals surface area (Å²) in [5.41, 5.74) is 0.670. The predicted molar refractivity (Wildman–Crippen MR) is 130 cm³/mol. The molecule has 0 bridgehead atoms. The lowest BCUT2D eigenvalue weighted by Gasteiger charge is -2.37. The fourth-order valence-corrected chi connectivity index (χ4v) is 4.63. The monoisotopic (exact) mass is 503 g/mol. The van der Waals surface area contributed by atoms with Crippen LogP contribution in [0.25, 0.3) is 5.69 Å². The average molecular weight is 504 g/mol. The minimum atomic E-state index is -4.42. The van der Waals surface area contributed by atoms with Gasteiger partial charge >= 0.3 is 6.18 Å². The highest BCUT2D eigenvalue weighted by molar-refractivity contribution is 6.05. The number of hydrogen-bond acceptors (Lipinski definition) is 4. The third-order valence-corrected chi connectivity index (χ3v) is 6.77. The number of hydrogen-bond donors (Lipinski definition) is 1. The van der Waals surface area contributed by atoms with E-state index >= 15 is 0 Å². The summed E-state index contributed by atoms with van der Waals surface area (Å²) in [6, 6.07) is 6.42. The Morgan fingerprint density at radius 3 is 2.22 bits per heavy atom. The maximum absolute atomic E-state index is 14.3. The van der Waals surface area contributed by atoms with E-state index in [1.165, 1.54) is 23.0 Å². The molecule has 0 radical (unpaired) electrons. The molecule has 0 aliphatic carbocycles. The minimum Gasteiger partial charge on any atom is -0.356 e. The van der Waals surface area contributed by atoms with Crippen molar-refractivity contribution in [3.8, 4) is 5.69 Å². The van der Waals surface area contributed by atoms with Crippen LogP contribution in [0.2, 0.25) is 0 Å². The van der Waals surface area contributed by atoms with Crippen LogP contribution in [0.3, 0.4) is 0 Å². The summed E-state index contributed by atoms with van der Waals surface area (Å²) in [5, 5.41) is 7.00. The SMILES string of the molecule is Cc1cc(NC(=O)c2cnn(-c3ccc(C(F)(F)F)cc3)c2C)cnc1N1CCC(C(C)(C)F)CC1. The Morgan fingerprint density at radius 2 is 1.67 bits per heavy atom. The van der Waals surface area contributed by atoms with E-state index in [1.54, 1.807) is 27.0 Å². The van der Waals surface area contributed by atoms with Gasteiger partial charge in [-0.3, -0.25) is 4.79 Å². The first-order valence-electron chi connectivity index (χ1n) is 11.8. The van der Waals surface area contributed by atoms with Crippen LogP contribution in [0, 0.1) is 19.8 Å². The Hall–Kier alpha value is -3.43. The third kappa shape index (κ3) is 5.37. The van der Waals surface area contributed by atoms with Gasteiger partial charge in [0.05, 0.1) is 40.6 Å². The normalized spacial score (nSPS) is 15.3. The highest BCUT2D eigenvalue weighted by Crippen LogP contribution is 2.33. The Labute approximate surface area is 207 Å². The largest absolute Gasteiger partial charge is 0.416 e. The van der Waals surface area contributed by atoms with Gasteiger partial charge in [0, 0.05) is 13.1 Å². The Balaban J connectivity index is 1.44. The number of piperidine rings is 1. The minimum absolute atomic E-state index is 0.0272. The molecule has 4 rings (SSSR count). The van der Waals surface area contributed by atoms with Crippen molar-refractivity contribution >= 4 is 17.4 Å². The van der Waals surface area contributed by atoms with Crippen molar-refractivity contribution in [2.24, 2.45) is 5.92 Å². The van der Waals surface area contributed by atoms with Crippen LogP contribution in [-0.2, 0) is 6.18 Å². The standard InChI is InChI=1S/C26H29F4N5O/c1-16-13-20(14-31-23(16)34-11-9-18(10-12-34)25(3,4)27)33-24(36)22-15-32-35(17(22)2)21-7-5-19(6-8-21)26(28,29)30/h5-8,13-15,18H,9-12H2,1-4H3,(H,33,36). The van der Waals surface area contributed by atoms with Crippen molar-refractivity contribution in [3.63, 3.8) is 0 Å². The summed E-state index contributed by atoms with van der Waals surface area (Å²) in [5.74, 6) is 0.444. The average Bonchev–Trinajstić information content (AvgIpc) is 3.19. The van der Waals surface area contributed by atoms with Crippen LogP contribution in [-0.4, -0.2) is 39.4 Å². The van der Waals surface area contributed by atoms with Crippen LogP contribution < -0.4 is 10.2 Å². The third-order valence-electron chi connectivity index (χ3n) is 6.77. The molecule has 1 amide bonds. The second-order valence-electron chi connectivity index (χ2n) is 9.74. The van der Waals surface area contributed by atoms with E-state index in [0.717, 1.165) is 49.4 Å². The van der Waals surface area contributed by atoms with Gasteiger partial charge in [0.15, 0.2) is 0 Å². The first kappa shape index (κ1) is 25.7. The molecule has 0 spiro atoms. The van der Waals surface area contributed by atoms with Gasteiger partial charge in [-0.05, 0) is 82.3 Å². The van der Waals surface area contributed by atoms with E-state index in [-0.39, 0.29) is 5.92 Å². The highest BCUT2D eigenvalue weighted by Gasteiger charge is 2.33. The van der Waals surface area contributed by atoms with Crippen LogP contribution in [0.15, 0.2) is 42.7 Å². The summed E-state index contributed by atoms with van der Waals surface area (Å²) >= 11 is 0. The number of aromatic nitrogens is 3. The molecule has 2 aromatic heterocycles. The number of aryl methyl sites for hydroxylation is 1. The number of nitrogens with zero attached hydrogens (tertiary/aromatic N) is 4. The maximum atomic E-state index is 14.3. The first-order chi connectivity index (χ1) is 16.8. The molecule has 1 aromatic carbocycles. The summed E-state index contributed by atoms with van der Waals surface area (Å²) in [6.07, 6.45) is 0.0529. The van der Waals surface area contributed by atoms with Crippen molar-refractivity contribution in [2.75, 3.05) is 23.3 Å². The number of amides is 1.